The van der Waals surface area contributed by atoms with E-state index in [1.165, 1.54) is 19.2 Å². The molecule has 0 radical (unpaired) electrons. The Morgan fingerprint density at radius 2 is 1.79 bits per heavy atom. The Hall–Kier alpha value is -3.33. The van der Waals surface area contributed by atoms with Crippen molar-refractivity contribution < 1.29 is 32.6 Å². The van der Waals surface area contributed by atoms with E-state index in [1.807, 2.05) is 0 Å². The fourth-order valence-electron chi connectivity index (χ4n) is 2.18. The second kappa shape index (κ2) is 10.1. The van der Waals surface area contributed by atoms with E-state index >= 15 is 0 Å². The van der Waals surface area contributed by atoms with Crippen molar-refractivity contribution in [3.63, 3.8) is 0 Å². The lowest BCUT2D eigenvalue weighted by atomic mass is 10.1. The third kappa shape index (κ3) is 6.44. The molecule has 28 heavy (non-hydrogen) atoms. The number of benzene rings is 2. The highest BCUT2D eigenvalue weighted by molar-refractivity contribution is 5.95. The number of esters is 1. The molecule has 2 rings (SSSR count). The summed E-state index contributed by atoms with van der Waals surface area (Å²) in [6.45, 7) is -0.681. The number of carbonyl (C=O) groups is 3. The average molecular weight is 392 g/mol. The molecule has 0 aliphatic rings. The molecule has 2 aromatic rings. The summed E-state index contributed by atoms with van der Waals surface area (Å²) in [4.78, 5) is 35.4. The molecule has 148 valence electrons. The Labute approximate surface area is 159 Å². The standard InChI is InChI=1S/C19H18F2N2O5/c1-27-10-12-3-2-4-13(7-12)19(26)28-11-18(25)22-9-17(24)23-14-5-6-15(20)16(21)8-14/h2-8H,9-11H2,1H3,(H,22,25)(H,23,24). The van der Waals surface area contributed by atoms with Crippen molar-refractivity contribution in [2.24, 2.45) is 0 Å². The van der Waals surface area contributed by atoms with E-state index in [1.54, 1.807) is 18.2 Å². The van der Waals surface area contributed by atoms with E-state index in [4.69, 9.17) is 9.47 Å². The Kier molecular flexibility index (Phi) is 7.58. The summed E-state index contributed by atoms with van der Waals surface area (Å²) < 4.78 is 35.8. The summed E-state index contributed by atoms with van der Waals surface area (Å²) in [6.07, 6.45) is 0. The lowest BCUT2D eigenvalue weighted by Crippen LogP contribution is -2.35. The van der Waals surface area contributed by atoms with Crippen molar-refractivity contribution in [3.8, 4) is 0 Å². The van der Waals surface area contributed by atoms with Crippen LogP contribution in [0, 0.1) is 11.6 Å². The number of nitrogens with one attached hydrogen (secondary N) is 2. The van der Waals surface area contributed by atoms with E-state index in [0.717, 1.165) is 17.7 Å². The number of hydrogen-bond donors (Lipinski definition) is 2. The first kappa shape index (κ1) is 21.0. The Morgan fingerprint density at radius 3 is 2.50 bits per heavy atom. The zero-order valence-corrected chi connectivity index (χ0v) is 15.0. The van der Waals surface area contributed by atoms with Crippen LogP contribution in [0.4, 0.5) is 14.5 Å². The van der Waals surface area contributed by atoms with Crippen LogP contribution in [-0.2, 0) is 25.7 Å². The molecule has 0 aliphatic carbocycles. The monoisotopic (exact) mass is 392 g/mol. The first-order valence-electron chi connectivity index (χ1n) is 8.15. The topological polar surface area (TPSA) is 93.7 Å². The van der Waals surface area contributed by atoms with E-state index in [9.17, 15) is 23.2 Å². The fraction of sp³-hybridized carbons (Fsp3) is 0.211. The summed E-state index contributed by atoms with van der Waals surface area (Å²) in [5, 5.41) is 4.55. The van der Waals surface area contributed by atoms with Gasteiger partial charge in [0.05, 0.1) is 18.7 Å². The van der Waals surface area contributed by atoms with Crippen LogP contribution in [0.25, 0.3) is 0 Å². The fourth-order valence-corrected chi connectivity index (χ4v) is 2.18. The number of amides is 2. The zero-order valence-electron chi connectivity index (χ0n) is 15.0. The van der Waals surface area contributed by atoms with Gasteiger partial charge in [0.1, 0.15) is 0 Å². The molecule has 0 fully saturated rings. The van der Waals surface area contributed by atoms with Gasteiger partial charge in [-0.05, 0) is 29.8 Å². The molecule has 0 spiro atoms. The van der Waals surface area contributed by atoms with Crippen LogP contribution in [0.1, 0.15) is 15.9 Å². The van der Waals surface area contributed by atoms with Crippen molar-refractivity contribution in [3.05, 3.63) is 65.2 Å². The number of methoxy groups -OCH3 is 1. The number of ether oxygens (including phenoxy) is 2. The van der Waals surface area contributed by atoms with Gasteiger partial charge in [-0.15, -0.1) is 0 Å². The first-order chi connectivity index (χ1) is 13.4. The molecule has 7 nitrogen and oxygen atoms in total. The van der Waals surface area contributed by atoms with Gasteiger partial charge in [0.25, 0.3) is 5.91 Å². The smallest absolute Gasteiger partial charge is 0.338 e. The lowest BCUT2D eigenvalue weighted by molar-refractivity contribution is -0.126. The second-order valence-corrected chi connectivity index (χ2v) is 5.66. The molecular formula is C19H18F2N2O5. The molecule has 0 bridgehead atoms. The third-order valence-electron chi connectivity index (χ3n) is 3.46. The Balaban J connectivity index is 1.76. The van der Waals surface area contributed by atoms with Crippen LogP contribution < -0.4 is 10.6 Å². The van der Waals surface area contributed by atoms with Crippen LogP contribution >= 0.6 is 0 Å². The van der Waals surface area contributed by atoms with Crippen LogP contribution in [0.3, 0.4) is 0 Å². The third-order valence-corrected chi connectivity index (χ3v) is 3.46. The lowest BCUT2D eigenvalue weighted by Gasteiger charge is -2.08. The summed E-state index contributed by atoms with van der Waals surface area (Å²) >= 11 is 0. The van der Waals surface area contributed by atoms with Gasteiger partial charge >= 0.3 is 5.97 Å². The van der Waals surface area contributed by atoms with E-state index in [0.29, 0.717) is 6.61 Å². The SMILES string of the molecule is COCc1cccc(C(=O)OCC(=O)NCC(=O)Nc2ccc(F)c(F)c2)c1. The number of carbonyl (C=O) groups excluding carboxylic acids is 3. The highest BCUT2D eigenvalue weighted by atomic mass is 19.2. The maximum Gasteiger partial charge on any atom is 0.338 e. The van der Waals surface area contributed by atoms with Gasteiger partial charge in [-0.2, -0.15) is 0 Å². The van der Waals surface area contributed by atoms with Gasteiger partial charge < -0.3 is 20.1 Å². The Bertz CT molecular complexity index is 873. The largest absolute Gasteiger partial charge is 0.452 e. The maximum absolute atomic E-state index is 13.1. The molecule has 0 aromatic heterocycles. The molecule has 2 N–H and O–H groups in total. The van der Waals surface area contributed by atoms with Crippen molar-refractivity contribution in [1.82, 2.24) is 5.32 Å². The molecule has 0 aliphatic heterocycles. The molecule has 9 heteroatoms. The van der Waals surface area contributed by atoms with E-state index < -0.39 is 42.6 Å². The van der Waals surface area contributed by atoms with Gasteiger partial charge in [0.2, 0.25) is 5.91 Å². The van der Waals surface area contributed by atoms with Gasteiger partial charge in [-0.1, -0.05) is 12.1 Å². The van der Waals surface area contributed by atoms with Crippen molar-refractivity contribution in [1.29, 1.82) is 0 Å². The quantitative estimate of drug-likeness (QED) is 0.671. The molecule has 0 unspecified atom stereocenters. The second-order valence-electron chi connectivity index (χ2n) is 5.66. The predicted octanol–water partition coefficient (Wildman–Crippen LogP) is 2.02. The summed E-state index contributed by atoms with van der Waals surface area (Å²) in [6, 6.07) is 9.41. The van der Waals surface area contributed by atoms with Gasteiger partial charge in [0.15, 0.2) is 18.2 Å². The average Bonchev–Trinajstić information content (AvgIpc) is 2.68. The van der Waals surface area contributed by atoms with Crippen LogP contribution in [0.5, 0.6) is 0 Å². The minimum atomic E-state index is -1.11. The molecular weight excluding hydrogens is 374 g/mol. The molecule has 0 atom stereocenters. The van der Waals surface area contributed by atoms with Gasteiger partial charge in [-0.25, -0.2) is 13.6 Å². The highest BCUT2D eigenvalue weighted by Gasteiger charge is 2.12. The van der Waals surface area contributed by atoms with E-state index in [2.05, 4.69) is 10.6 Å². The minimum absolute atomic E-state index is 0.0421. The zero-order chi connectivity index (χ0) is 20.5. The molecule has 2 amide bonds. The number of hydrogen-bond acceptors (Lipinski definition) is 5. The van der Waals surface area contributed by atoms with Gasteiger partial charge in [-0.3, -0.25) is 9.59 Å². The number of rotatable bonds is 8. The van der Waals surface area contributed by atoms with Crippen molar-refractivity contribution in [2.45, 2.75) is 6.61 Å². The van der Waals surface area contributed by atoms with Crippen LogP contribution in [0.2, 0.25) is 0 Å². The minimum Gasteiger partial charge on any atom is -0.452 e. The highest BCUT2D eigenvalue weighted by Crippen LogP contribution is 2.12. The number of anilines is 1. The van der Waals surface area contributed by atoms with Crippen LogP contribution in [0.15, 0.2) is 42.5 Å². The summed E-state index contributed by atoms with van der Waals surface area (Å²) in [5.41, 5.74) is 1.08. The first-order valence-corrected chi connectivity index (χ1v) is 8.15. The molecule has 0 saturated carbocycles. The molecule has 0 saturated heterocycles. The van der Waals surface area contributed by atoms with Crippen molar-refractivity contribution >= 4 is 23.5 Å². The molecule has 2 aromatic carbocycles. The molecule has 0 heterocycles. The normalized spacial score (nSPS) is 10.2. The maximum atomic E-state index is 13.1. The van der Waals surface area contributed by atoms with Gasteiger partial charge in [0, 0.05) is 18.9 Å². The van der Waals surface area contributed by atoms with E-state index in [-0.39, 0.29) is 11.3 Å². The predicted molar refractivity (Wildman–Crippen MR) is 95.4 cm³/mol. The van der Waals surface area contributed by atoms with Crippen molar-refractivity contribution in [2.75, 3.05) is 25.6 Å². The Morgan fingerprint density at radius 1 is 1.00 bits per heavy atom. The summed E-state index contributed by atoms with van der Waals surface area (Å²) in [7, 11) is 1.53. The summed E-state index contributed by atoms with van der Waals surface area (Å²) in [5.74, 6) is -4.19. The number of halogens is 2. The van der Waals surface area contributed by atoms with Crippen LogP contribution in [-0.4, -0.2) is 38.0 Å².